The summed E-state index contributed by atoms with van der Waals surface area (Å²) >= 11 is 8.42. The van der Waals surface area contributed by atoms with Crippen molar-refractivity contribution < 1.29 is 0 Å². The van der Waals surface area contributed by atoms with E-state index in [2.05, 4.69) is 32.7 Å². The fourth-order valence-corrected chi connectivity index (χ4v) is 2.24. The molecule has 1 aromatic carbocycles. The molecule has 0 bridgehead atoms. The number of nitrogens with zero attached hydrogens (tertiary/aromatic N) is 3. The quantitative estimate of drug-likeness (QED) is 0.493. The largest absolute Gasteiger partial charge is 0.228 e. The number of hydrogen-bond acceptors (Lipinski definition) is 2. The van der Waals surface area contributed by atoms with E-state index in [4.69, 9.17) is 11.6 Å². The average Bonchev–Trinajstić information content (AvgIpc) is 2.78. The Balaban J connectivity index is 2.20. The minimum absolute atomic E-state index is 0.563. The molecule has 3 aromatic rings. The molecule has 0 aliphatic rings. The van der Waals surface area contributed by atoms with E-state index in [-0.39, 0.29) is 0 Å². The van der Waals surface area contributed by atoms with Gasteiger partial charge in [-0.15, -0.1) is 0 Å². The molecule has 2 aromatic heterocycles. The zero-order valence-corrected chi connectivity index (χ0v) is 11.6. The maximum Gasteiger partial charge on any atom is 0.157 e. The van der Waals surface area contributed by atoms with E-state index in [1.807, 2.05) is 36.4 Å². The van der Waals surface area contributed by atoms with Crippen LogP contribution >= 0.6 is 34.2 Å². The number of rotatable bonds is 1. The van der Waals surface area contributed by atoms with Gasteiger partial charge in [0.15, 0.2) is 5.65 Å². The fraction of sp³-hybridized carbons (Fsp3) is 0. The second kappa shape index (κ2) is 4.27. The molecule has 0 saturated heterocycles. The monoisotopic (exact) mass is 355 g/mol. The molecule has 17 heavy (non-hydrogen) atoms. The Morgan fingerprint density at radius 3 is 2.65 bits per heavy atom. The van der Waals surface area contributed by atoms with Gasteiger partial charge in [-0.2, -0.15) is 5.10 Å². The minimum atomic E-state index is 0.563. The van der Waals surface area contributed by atoms with E-state index in [1.54, 1.807) is 10.7 Å². The first-order valence-electron chi connectivity index (χ1n) is 5.00. The zero-order valence-electron chi connectivity index (χ0n) is 8.64. The Hall–Kier alpha value is -1.14. The van der Waals surface area contributed by atoms with Crippen molar-refractivity contribution >= 4 is 39.8 Å². The van der Waals surface area contributed by atoms with Crippen molar-refractivity contribution in [1.29, 1.82) is 0 Å². The van der Waals surface area contributed by atoms with Crippen LogP contribution in [0.5, 0.6) is 0 Å². The third-order valence-corrected chi connectivity index (χ3v) is 3.44. The van der Waals surface area contributed by atoms with E-state index in [0.29, 0.717) is 5.15 Å². The van der Waals surface area contributed by atoms with Gasteiger partial charge in [0.05, 0.1) is 11.9 Å². The van der Waals surface area contributed by atoms with Crippen LogP contribution in [0.1, 0.15) is 0 Å². The van der Waals surface area contributed by atoms with Crippen LogP contribution in [0.15, 0.2) is 42.6 Å². The number of aromatic nitrogens is 3. The SMILES string of the molecule is Clc1cc(-c2ccc(I)cc2)nc2ccnn12. The van der Waals surface area contributed by atoms with E-state index >= 15 is 0 Å². The van der Waals surface area contributed by atoms with Gasteiger partial charge >= 0.3 is 0 Å². The number of fused-ring (bicyclic) bond motifs is 1. The van der Waals surface area contributed by atoms with Crippen molar-refractivity contribution in [2.24, 2.45) is 0 Å². The molecule has 0 aliphatic carbocycles. The van der Waals surface area contributed by atoms with E-state index in [1.165, 1.54) is 3.57 Å². The summed E-state index contributed by atoms with van der Waals surface area (Å²) in [5, 5.41) is 4.65. The van der Waals surface area contributed by atoms with Crippen LogP contribution in [-0.4, -0.2) is 14.6 Å². The fourth-order valence-electron chi connectivity index (χ4n) is 1.64. The highest BCUT2D eigenvalue weighted by Crippen LogP contribution is 2.22. The van der Waals surface area contributed by atoms with Crippen molar-refractivity contribution in [3.8, 4) is 11.3 Å². The first-order chi connectivity index (χ1) is 8.24. The van der Waals surface area contributed by atoms with Crippen LogP contribution in [0.3, 0.4) is 0 Å². The molecular weight excluding hydrogens is 349 g/mol. The summed E-state index contributed by atoms with van der Waals surface area (Å²) in [6.45, 7) is 0. The highest BCUT2D eigenvalue weighted by molar-refractivity contribution is 14.1. The van der Waals surface area contributed by atoms with Crippen LogP contribution in [0.25, 0.3) is 16.9 Å². The van der Waals surface area contributed by atoms with Crippen LogP contribution < -0.4 is 0 Å². The second-order valence-corrected chi connectivity index (χ2v) is 5.21. The van der Waals surface area contributed by atoms with Gasteiger partial charge in [-0.3, -0.25) is 0 Å². The first kappa shape index (κ1) is 11.0. The maximum atomic E-state index is 6.14. The highest BCUT2D eigenvalue weighted by Gasteiger charge is 2.06. The summed E-state index contributed by atoms with van der Waals surface area (Å²) in [6, 6.07) is 11.8. The molecule has 3 rings (SSSR count). The van der Waals surface area contributed by atoms with Crippen LogP contribution in [0.2, 0.25) is 5.15 Å². The molecule has 0 aliphatic heterocycles. The number of halogens is 2. The molecule has 3 nitrogen and oxygen atoms in total. The third-order valence-electron chi connectivity index (χ3n) is 2.46. The van der Waals surface area contributed by atoms with Crippen molar-refractivity contribution in [3.63, 3.8) is 0 Å². The summed E-state index contributed by atoms with van der Waals surface area (Å²) in [5.74, 6) is 0. The number of hydrogen-bond donors (Lipinski definition) is 0. The minimum Gasteiger partial charge on any atom is -0.228 e. The second-order valence-electron chi connectivity index (χ2n) is 3.57. The summed E-state index contributed by atoms with van der Waals surface area (Å²) in [7, 11) is 0. The van der Waals surface area contributed by atoms with Gasteiger partial charge in [0.2, 0.25) is 0 Å². The van der Waals surface area contributed by atoms with Gasteiger partial charge in [-0.25, -0.2) is 9.50 Å². The van der Waals surface area contributed by atoms with Crippen molar-refractivity contribution in [2.45, 2.75) is 0 Å². The van der Waals surface area contributed by atoms with Crippen LogP contribution in [0.4, 0.5) is 0 Å². The van der Waals surface area contributed by atoms with Crippen molar-refractivity contribution in [1.82, 2.24) is 14.6 Å². The molecule has 0 N–H and O–H groups in total. The molecule has 2 heterocycles. The topological polar surface area (TPSA) is 30.2 Å². The van der Waals surface area contributed by atoms with E-state index in [0.717, 1.165) is 16.9 Å². The molecule has 0 amide bonds. The lowest BCUT2D eigenvalue weighted by molar-refractivity contribution is 0.942. The van der Waals surface area contributed by atoms with Gasteiger partial charge in [-0.1, -0.05) is 23.7 Å². The van der Waals surface area contributed by atoms with E-state index in [9.17, 15) is 0 Å². The zero-order chi connectivity index (χ0) is 11.8. The summed E-state index contributed by atoms with van der Waals surface area (Å²) in [6.07, 6.45) is 1.69. The normalized spacial score (nSPS) is 10.9. The Morgan fingerprint density at radius 2 is 1.88 bits per heavy atom. The molecule has 84 valence electrons. The van der Waals surface area contributed by atoms with Gasteiger partial charge < -0.3 is 0 Å². The Bertz CT molecular complexity index is 676. The number of benzene rings is 1. The molecule has 0 unspecified atom stereocenters. The molecule has 0 saturated carbocycles. The lowest BCUT2D eigenvalue weighted by Crippen LogP contribution is -1.94. The lowest BCUT2D eigenvalue weighted by Gasteiger charge is -2.03. The lowest BCUT2D eigenvalue weighted by atomic mass is 10.1. The standard InChI is InChI=1S/C12H7ClIN3/c13-11-7-10(8-1-3-9(14)4-2-8)16-12-5-6-15-17(11)12/h1-7H. The molecular formula is C12H7ClIN3. The highest BCUT2D eigenvalue weighted by atomic mass is 127. The Labute approximate surface area is 117 Å². The van der Waals surface area contributed by atoms with Gasteiger partial charge in [0.1, 0.15) is 5.15 Å². The van der Waals surface area contributed by atoms with Crippen LogP contribution in [0, 0.1) is 3.57 Å². The van der Waals surface area contributed by atoms with Gasteiger partial charge in [-0.05, 0) is 34.7 Å². The van der Waals surface area contributed by atoms with Gasteiger partial charge in [0.25, 0.3) is 0 Å². The molecule has 0 spiro atoms. The van der Waals surface area contributed by atoms with Crippen LogP contribution in [-0.2, 0) is 0 Å². The van der Waals surface area contributed by atoms with Crippen molar-refractivity contribution in [3.05, 3.63) is 51.3 Å². The molecule has 0 radical (unpaired) electrons. The summed E-state index contributed by atoms with van der Waals surface area (Å²) in [5.41, 5.74) is 2.67. The predicted octanol–water partition coefficient (Wildman–Crippen LogP) is 3.65. The molecule has 0 fully saturated rings. The summed E-state index contributed by atoms with van der Waals surface area (Å²) in [4.78, 5) is 4.51. The Morgan fingerprint density at radius 1 is 1.12 bits per heavy atom. The molecule has 0 atom stereocenters. The summed E-state index contributed by atoms with van der Waals surface area (Å²) < 4.78 is 2.81. The van der Waals surface area contributed by atoms with E-state index < -0.39 is 0 Å². The first-order valence-corrected chi connectivity index (χ1v) is 6.46. The Kier molecular flexibility index (Phi) is 2.76. The van der Waals surface area contributed by atoms with Gasteiger partial charge in [0, 0.05) is 21.3 Å². The average molecular weight is 356 g/mol. The third kappa shape index (κ3) is 2.02. The predicted molar refractivity (Wildman–Crippen MR) is 76.2 cm³/mol. The maximum absolute atomic E-state index is 6.14. The van der Waals surface area contributed by atoms with Crippen molar-refractivity contribution in [2.75, 3.05) is 0 Å². The molecule has 5 heteroatoms. The smallest absolute Gasteiger partial charge is 0.157 e.